The van der Waals surface area contributed by atoms with E-state index in [0.717, 1.165) is 11.0 Å². The van der Waals surface area contributed by atoms with Gasteiger partial charge in [-0.05, 0) is 18.9 Å². The third-order valence-electron chi connectivity index (χ3n) is 5.74. The van der Waals surface area contributed by atoms with Gasteiger partial charge in [-0.25, -0.2) is 0 Å². The first-order chi connectivity index (χ1) is 12.6. The van der Waals surface area contributed by atoms with E-state index in [1.165, 1.54) is 122 Å². The molecule has 0 aliphatic carbocycles. The molecule has 0 heterocycles. The smallest absolute Gasteiger partial charge is 0.0966 e. The minimum atomic E-state index is 1.10. The molecule has 0 atom stereocenters. The predicted molar refractivity (Wildman–Crippen MR) is 121 cm³/mol. The molecule has 0 aliphatic rings. The van der Waals surface area contributed by atoms with Crippen LogP contribution in [0.4, 0.5) is 0 Å². The molecule has 156 valence electrons. The summed E-state index contributed by atoms with van der Waals surface area (Å²) in [7, 11) is 4.63. The van der Waals surface area contributed by atoms with Crippen LogP contribution >= 0.6 is 0 Å². The lowest BCUT2D eigenvalue weighted by Gasteiger charge is -2.28. The number of hydrogen-bond acceptors (Lipinski definition) is 0. The van der Waals surface area contributed by atoms with Gasteiger partial charge in [-0.1, -0.05) is 116 Å². The number of quaternary nitrogens is 1. The highest BCUT2D eigenvalue weighted by Crippen LogP contribution is 2.14. The van der Waals surface area contributed by atoms with Crippen LogP contribution in [-0.4, -0.2) is 31.7 Å². The van der Waals surface area contributed by atoms with E-state index >= 15 is 0 Å². The van der Waals surface area contributed by atoms with Gasteiger partial charge in [0.15, 0.2) is 0 Å². The highest BCUT2D eigenvalue weighted by atomic mass is 15.3. The third kappa shape index (κ3) is 20.0. The molecule has 0 bridgehead atoms. The number of rotatable bonds is 21. The maximum absolute atomic E-state index is 3.86. The molecule has 0 radical (unpaired) electrons. The first kappa shape index (κ1) is 25.7. The normalized spacial score (nSPS) is 11.8. The van der Waals surface area contributed by atoms with Crippen molar-refractivity contribution in [3.05, 3.63) is 12.7 Å². The van der Waals surface area contributed by atoms with Crippen LogP contribution in [0.2, 0.25) is 0 Å². The van der Waals surface area contributed by atoms with Crippen LogP contribution in [0.3, 0.4) is 0 Å². The minimum absolute atomic E-state index is 1.10. The van der Waals surface area contributed by atoms with Crippen molar-refractivity contribution in [3.63, 3.8) is 0 Å². The average Bonchev–Trinajstić information content (AvgIpc) is 2.60. The molecule has 0 aromatic heterocycles. The Morgan fingerprint density at radius 3 is 1.15 bits per heavy atom. The first-order valence-corrected chi connectivity index (χ1v) is 12.1. The summed E-state index contributed by atoms with van der Waals surface area (Å²) >= 11 is 0. The van der Waals surface area contributed by atoms with Crippen molar-refractivity contribution in [1.82, 2.24) is 0 Å². The molecular weight excluding hydrogens is 314 g/mol. The van der Waals surface area contributed by atoms with Crippen LogP contribution in [0.1, 0.15) is 122 Å². The van der Waals surface area contributed by atoms with Gasteiger partial charge >= 0.3 is 0 Å². The Hall–Kier alpha value is -0.300. The molecule has 0 aromatic carbocycles. The van der Waals surface area contributed by atoms with Gasteiger partial charge in [0, 0.05) is 0 Å². The molecule has 0 aromatic rings. The van der Waals surface area contributed by atoms with Crippen molar-refractivity contribution in [2.24, 2.45) is 0 Å². The van der Waals surface area contributed by atoms with Crippen LogP contribution in [0.5, 0.6) is 0 Å². The summed E-state index contributed by atoms with van der Waals surface area (Å²) in [6.45, 7) is 8.55. The third-order valence-corrected chi connectivity index (χ3v) is 5.74. The van der Waals surface area contributed by atoms with E-state index in [1.807, 2.05) is 0 Å². The molecule has 0 saturated carbocycles. The van der Waals surface area contributed by atoms with Crippen molar-refractivity contribution in [2.45, 2.75) is 122 Å². The second-order valence-corrected chi connectivity index (χ2v) is 9.14. The molecule has 0 spiro atoms. The highest BCUT2D eigenvalue weighted by Gasteiger charge is 2.11. The standard InChI is InChI=1S/C25H52N/c1-5-7-8-9-10-11-12-13-14-15-16-17-18-19-20-21-22-23-25-26(3,4)24-6-2/h6H,2,5,7-25H2,1,3-4H3/q+1. The molecule has 0 aliphatic heterocycles. The largest absolute Gasteiger partial charge is 0.325 e. The van der Waals surface area contributed by atoms with E-state index in [2.05, 4.69) is 33.7 Å². The number of hydrogen-bond donors (Lipinski definition) is 0. The van der Waals surface area contributed by atoms with Gasteiger partial charge in [-0.15, -0.1) is 0 Å². The van der Waals surface area contributed by atoms with Crippen LogP contribution in [0, 0.1) is 0 Å². The van der Waals surface area contributed by atoms with Crippen molar-refractivity contribution >= 4 is 0 Å². The van der Waals surface area contributed by atoms with Gasteiger partial charge in [0.2, 0.25) is 0 Å². The lowest BCUT2D eigenvalue weighted by atomic mass is 10.0. The van der Waals surface area contributed by atoms with E-state index in [1.54, 1.807) is 0 Å². The lowest BCUT2D eigenvalue weighted by molar-refractivity contribution is -0.884. The zero-order valence-electron chi connectivity index (χ0n) is 18.9. The molecule has 0 unspecified atom stereocenters. The summed E-state index contributed by atoms with van der Waals surface area (Å²) in [6, 6.07) is 0. The number of likely N-dealkylation sites (N-methyl/N-ethyl adjacent to an activating group) is 1. The molecule has 0 saturated heterocycles. The monoisotopic (exact) mass is 366 g/mol. The van der Waals surface area contributed by atoms with Gasteiger partial charge in [-0.2, -0.15) is 0 Å². The van der Waals surface area contributed by atoms with E-state index in [4.69, 9.17) is 0 Å². The summed E-state index contributed by atoms with van der Waals surface area (Å²) in [5.41, 5.74) is 0. The first-order valence-electron chi connectivity index (χ1n) is 12.1. The average molecular weight is 367 g/mol. The molecule has 1 nitrogen and oxygen atoms in total. The molecule has 0 N–H and O–H groups in total. The predicted octanol–water partition coefficient (Wildman–Crippen LogP) is 8.29. The Morgan fingerprint density at radius 2 is 0.846 bits per heavy atom. The van der Waals surface area contributed by atoms with E-state index < -0.39 is 0 Å². The van der Waals surface area contributed by atoms with Crippen LogP contribution in [0.15, 0.2) is 12.7 Å². The maximum Gasteiger partial charge on any atom is 0.0966 e. The molecule has 26 heavy (non-hydrogen) atoms. The molecule has 0 fully saturated rings. The van der Waals surface area contributed by atoms with Gasteiger partial charge < -0.3 is 4.48 Å². The van der Waals surface area contributed by atoms with Crippen LogP contribution in [0.25, 0.3) is 0 Å². The lowest BCUT2D eigenvalue weighted by Crippen LogP contribution is -2.40. The molecule has 0 rings (SSSR count). The van der Waals surface area contributed by atoms with E-state index in [9.17, 15) is 0 Å². The quantitative estimate of drug-likeness (QED) is 0.109. The summed E-state index contributed by atoms with van der Waals surface area (Å²) < 4.78 is 1.10. The van der Waals surface area contributed by atoms with Crippen molar-refractivity contribution in [1.29, 1.82) is 0 Å². The Kier molecular flexibility index (Phi) is 19.2. The summed E-state index contributed by atoms with van der Waals surface area (Å²) in [4.78, 5) is 0. The Bertz CT molecular complexity index is 282. The molecule has 0 amide bonds. The number of nitrogens with zero attached hydrogens (tertiary/aromatic N) is 1. The zero-order valence-corrected chi connectivity index (χ0v) is 18.9. The fourth-order valence-corrected chi connectivity index (χ4v) is 3.88. The highest BCUT2D eigenvalue weighted by molar-refractivity contribution is 4.64. The van der Waals surface area contributed by atoms with Crippen molar-refractivity contribution < 1.29 is 4.48 Å². The SMILES string of the molecule is C=CC[N+](C)(C)CCCCCCCCCCCCCCCCCCCC. The molecular formula is C25H52N+. The van der Waals surface area contributed by atoms with E-state index in [0.29, 0.717) is 0 Å². The Labute approximate surface area is 167 Å². The van der Waals surface area contributed by atoms with Crippen LogP contribution in [-0.2, 0) is 0 Å². The minimum Gasteiger partial charge on any atom is -0.325 e. The van der Waals surface area contributed by atoms with Crippen molar-refractivity contribution in [3.8, 4) is 0 Å². The zero-order chi connectivity index (χ0) is 19.3. The van der Waals surface area contributed by atoms with Gasteiger partial charge in [0.1, 0.15) is 0 Å². The molecule has 1 heteroatoms. The van der Waals surface area contributed by atoms with Gasteiger partial charge in [0.25, 0.3) is 0 Å². The van der Waals surface area contributed by atoms with Gasteiger partial charge in [-0.3, -0.25) is 0 Å². The Balaban J connectivity index is 3.10. The maximum atomic E-state index is 3.86. The second-order valence-electron chi connectivity index (χ2n) is 9.14. The summed E-state index contributed by atoms with van der Waals surface area (Å²) in [5, 5.41) is 0. The number of unbranched alkanes of at least 4 members (excludes halogenated alkanes) is 17. The Morgan fingerprint density at radius 1 is 0.538 bits per heavy atom. The van der Waals surface area contributed by atoms with Gasteiger partial charge in [0.05, 0.1) is 27.2 Å². The fourth-order valence-electron chi connectivity index (χ4n) is 3.88. The fraction of sp³-hybridized carbons (Fsp3) is 0.920. The van der Waals surface area contributed by atoms with E-state index in [-0.39, 0.29) is 0 Å². The summed E-state index contributed by atoms with van der Waals surface area (Å²) in [5.74, 6) is 0. The summed E-state index contributed by atoms with van der Waals surface area (Å²) in [6.07, 6.45) is 28.2. The topological polar surface area (TPSA) is 0 Å². The van der Waals surface area contributed by atoms with Crippen molar-refractivity contribution in [2.75, 3.05) is 27.2 Å². The second kappa shape index (κ2) is 19.5. The van der Waals surface area contributed by atoms with Crippen LogP contribution < -0.4 is 0 Å².